The summed E-state index contributed by atoms with van der Waals surface area (Å²) in [5, 5.41) is 0. The molecule has 0 amide bonds. The molecule has 1 fully saturated rings. The lowest BCUT2D eigenvalue weighted by atomic mass is 10.0. The van der Waals surface area contributed by atoms with Crippen LogP contribution >= 0.6 is 15.9 Å². The number of nitrogens with two attached hydrogens (primary N) is 1. The van der Waals surface area contributed by atoms with Crippen molar-refractivity contribution >= 4 is 15.9 Å². The predicted molar refractivity (Wildman–Crippen MR) is 80.4 cm³/mol. The second-order valence-electron chi connectivity index (χ2n) is 5.19. The molecule has 100 valence electrons. The molecule has 2 unspecified atom stereocenters. The molecular weight excluding hydrogens is 288 g/mol. The van der Waals surface area contributed by atoms with Crippen LogP contribution in [0, 0.1) is 5.92 Å². The van der Waals surface area contributed by atoms with Gasteiger partial charge in [0.25, 0.3) is 0 Å². The average molecular weight is 311 g/mol. The fourth-order valence-corrected chi connectivity index (χ4v) is 3.55. The van der Waals surface area contributed by atoms with Gasteiger partial charge < -0.3 is 5.73 Å². The lowest BCUT2D eigenvalue weighted by Gasteiger charge is -2.31. The van der Waals surface area contributed by atoms with Gasteiger partial charge in [-0.2, -0.15) is 0 Å². The molecule has 0 aliphatic heterocycles. The van der Waals surface area contributed by atoms with E-state index in [0.717, 1.165) is 24.1 Å². The van der Waals surface area contributed by atoms with Gasteiger partial charge in [-0.3, -0.25) is 4.90 Å². The molecule has 0 bridgehead atoms. The van der Waals surface area contributed by atoms with Gasteiger partial charge in [0.05, 0.1) is 0 Å². The number of benzene rings is 1. The first kappa shape index (κ1) is 14.0. The van der Waals surface area contributed by atoms with E-state index in [4.69, 9.17) is 5.73 Å². The molecule has 1 aliphatic carbocycles. The zero-order chi connectivity index (χ0) is 13.0. The molecule has 2 N–H and O–H groups in total. The van der Waals surface area contributed by atoms with Gasteiger partial charge in [0.15, 0.2) is 0 Å². The third-order valence-electron chi connectivity index (χ3n) is 4.07. The smallest absolute Gasteiger partial charge is 0.0237 e. The Morgan fingerprint density at radius 2 is 2.22 bits per heavy atom. The van der Waals surface area contributed by atoms with Crippen molar-refractivity contribution in [2.45, 2.75) is 38.8 Å². The minimum atomic E-state index is 0.680. The van der Waals surface area contributed by atoms with Crippen LogP contribution in [0.1, 0.15) is 31.7 Å². The highest BCUT2D eigenvalue weighted by molar-refractivity contribution is 9.10. The Labute approximate surface area is 119 Å². The first-order valence-electron chi connectivity index (χ1n) is 6.93. The maximum absolute atomic E-state index is 5.90. The molecule has 0 aromatic heterocycles. The molecule has 1 aromatic rings. The SMILES string of the molecule is CCN(Cc1cccc(Br)c1)C1CCCC1CN. The van der Waals surface area contributed by atoms with Crippen LogP contribution in [0.15, 0.2) is 28.7 Å². The second-order valence-corrected chi connectivity index (χ2v) is 6.10. The van der Waals surface area contributed by atoms with Gasteiger partial charge in [-0.15, -0.1) is 0 Å². The third kappa shape index (κ3) is 3.34. The summed E-state index contributed by atoms with van der Waals surface area (Å²) in [7, 11) is 0. The fraction of sp³-hybridized carbons (Fsp3) is 0.600. The third-order valence-corrected chi connectivity index (χ3v) is 4.56. The maximum Gasteiger partial charge on any atom is 0.0237 e. The van der Waals surface area contributed by atoms with E-state index < -0.39 is 0 Å². The van der Waals surface area contributed by atoms with Crippen LogP contribution in [0.25, 0.3) is 0 Å². The van der Waals surface area contributed by atoms with Gasteiger partial charge in [0, 0.05) is 17.1 Å². The minimum Gasteiger partial charge on any atom is -0.330 e. The quantitative estimate of drug-likeness (QED) is 0.903. The Kier molecular flexibility index (Phi) is 5.22. The number of hydrogen-bond acceptors (Lipinski definition) is 2. The van der Waals surface area contributed by atoms with E-state index >= 15 is 0 Å². The monoisotopic (exact) mass is 310 g/mol. The van der Waals surface area contributed by atoms with Crippen LogP contribution in [0.3, 0.4) is 0 Å². The van der Waals surface area contributed by atoms with E-state index in [1.54, 1.807) is 0 Å². The molecule has 3 heteroatoms. The van der Waals surface area contributed by atoms with E-state index in [2.05, 4.69) is 52.0 Å². The number of rotatable bonds is 5. The Morgan fingerprint density at radius 3 is 2.89 bits per heavy atom. The minimum absolute atomic E-state index is 0.680. The highest BCUT2D eigenvalue weighted by Gasteiger charge is 2.30. The van der Waals surface area contributed by atoms with E-state index in [0.29, 0.717) is 12.0 Å². The zero-order valence-corrected chi connectivity index (χ0v) is 12.7. The summed E-state index contributed by atoms with van der Waals surface area (Å²) >= 11 is 3.54. The van der Waals surface area contributed by atoms with E-state index in [1.807, 2.05) is 0 Å². The van der Waals surface area contributed by atoms with Crippen molar-refractivity contribution in [1.82, 2.24) is 4.90 Å². The first-order chi connectivity index (χ1) is 8.74. The van der Waals surface area contributed by atoms with Gasteiger partial charge >= 0.3 is 0 Å². The first-order valence-corrected chi connectivity index (χ1v) is 7.72. The topological polar surface area (TPSA) is 29.3 Å². The van der Waals surface area contributed by atoms with Crippen molar-refractivity contribution in [3.05, 3.63) is 34.3 Å². The van der Waals surface area contributed by atoms with E-state index in [9.17, 15) is 0 Å². The van der Waals surface area contributed by atoms with Gasteiger partial charge in [-0.25, -0.2) is 0 Å². The van der Waals surface area contributed by atoms with Crippen LogP contribution in [0.5, 0.6) is 0 Å². The van der Waals surface area contributed by atoms with Crippen molar-refractivity contribution < 1.29 is 0 Å². The summed E-state index contributed by atoms with van der Waals surface area (Å²) in [6, 6.07) is 9.30. The molecule has 0 radical (unpaired) electrons. The van der Waals surface area contributed by atoms with Gasteiger partial charge in [-0.1, -0.05) is 41.4 Å². The maximum atomic E-state index is 5.90. The summed E-state index contributed by atoms with van der Waals surface area (Å²) in [6.45, 7) is 5.23. The summed E-state index contributed by atoms with van der Waals surface area (Å²) in [5.74, 6) is 0.692. The summed E-state index contributed by atoms with van der Waals surface area (Å²) < 4.78 is 1.16. The Balaban J connectivity index is 2.05. The molecule has 1 saturated carbocycles. The number of nitrogens with zero attached hydrogens (tertiary/aromatic N) is 1. The average Bonchev–Trinajstić information content (AvgIpc) is 2.84. The summed E-state index contributed by atoms with van der Waals surface area (Å²) in [4.78, 5) is 2.59. The molecule has 18 heavy (non-hydrogen) atoms. The van der Waals surface area contributed by atoms with Crippen LogP contribution < -0.4 is 5.73 Å². The Morgan fingerprint density at radius 1 is 1.39 bits per heavy atom. The Hall–Kier alpha value is -0.380. The van der Waals surface area contributed by atoms with Crippen LogP contribution in [-0.4, -0.2) is 24.0 Å². The predicted octanol–water partition coefficient (Wildman–Crippen LogP) is 3.40. The summed E-state index contributed by atoms with van der Waals surface area (Å²) in [5.41, 5.74) is 7.28. The summed E-state index contributed by atoms with van der Waals surface area (Å²) in [6.07, 6.45) is 3.95. The van der Waals surface area contributed by atoms with Crippen molar-refractivity contribution in [1.29, 1.82) is 0 Å². The van der Waals surface area contributed by atoms with E-state index in [-0.39, 0.29) is 0 Å². The number of halogens is 1. The van der Waals surface area contributed by atoms with Crippen LogP contribution in [0.4, 0.5) is 0 Å². The standard InChI is InChI=1S/C15H23BrN2/c1-2-18(15-8-4-6-13(15)10-17)11-12-5-3-7-14(16)9-12/h3,5,7,9,13,15H,2,4,6,8,10-11,17H2,1H3. The molecule has 1 aliphatic rings. The number of hydrogen-bond donors (Lipinski definition) is 1. The Bertz CT molecular complexity index is 381. The van der Waals surface area contributed by atoms with Crippen molar-refractivity contribution in [2.24, 2.45) is 11.7 Å². The molecule has 0 spiro atoms. The molecule has 2 nitrogen and oxygen atoms in total. The highest BCUT2D eigenvalue weighted by atomic mass is 79.9. The van der Waals surface area contributed by atoms with Crippen LogP contribution in [0.2, 0.25) is 0 Å². The van der Waals surface area contributed by atoms with Gasteiger partial charge in [-0.05, 0) is 49.5 Å². The highest BCUT2D eigenvalue weighted by Crippen LogP contribution is 2.30. The van der Waals surface area contributed by atoms with Gasteiger partial charge in [0.2, 0.25) is 0 Å². The molecule has 1 aromatic carbocycles. The lowest BCUT2D eigenvalue weighted by Crippen LogP contribution is -2.39. The molecule has 0 saturated heterocycles. The van der Waals surface area contributed by atoms with Gasteiger partial charge in [0.1, 0.15) is 0 Å². The zero-order valence-electron chi connectivity index (χ0n) is 11.1. The fourth-order valence-electron chi connectivity index (χ4n) is 3.11. The van der Waals surface area contributed by atoms with Crippen LogP contribution in [-0.2, 0) is 6.54 Å². The molecule has 2 rings (SSSR count). The van der Waals surface area contributed by atoms with Crippen molar-refractivity contribution in [3.8, 4) is 0 Å². The molecule has 2 atom stereocenters. The van der Waals surface area contributed by atoms with Crippen molar-refractivity contribution in [2.75, 3.05) is 13.1 Å². The van der Waals surface area contributed by atoms with Crippen molar-refractivity contribution in [3.63, 3.8) is 0 Å². The molecular formula is C15H23BrN2. The van der Waals surface area contributed by atoms with E-state index in [1.165, 1.54) is 24.8 Å². The largest absolute Gasteiger partial charge is 0.330 e. The molecule has 0 heterocycles. The normalized spacial score (nSPS) is 23.8. The second kappa shape index (κ2) is 6.69. The lowest BCUT2D eigenvalue weighted by molar-refractivity contribution is 0.162.